The summed E-state index contributed by atoms with van der Waals surface area (Å²) in [5, 5.41) is 12.9. The van der Waals surface area contributed by atoms with Gasteiger partial charge in [0.2, 0.25) is 0 Å². The Morgan fingerprint density at radius 2 is 2.33 bits per heavy atom. The van der Waals surface area contributed by atoms with E-state index in [1.165, 1.54) is 11.3 Å². The summed E-state index contributed by atoms with van der Waals surface area (Å²) < 4.78 is 1.15. The van der Waals surface area contributed by atoms with Crippen molar-refractivity contribution in [2.24, 2.45) is 0 Å². The summed E-state index contributed by atoms with van der Waals surface area (Å²) in [7, 11) is 0. The number of halogens is 1. The number of benzene rings is 1. The zero-order valence-electron chi connectivity index (χ0n) is 10.8. The molecule has 3 nitrogen and oxygen atoms in total. The van der Waals surface area contributed by atoms with E-state index in [0.717, 1.165) is 43.5 Å². The number of aliphatic hydroxyl groups is 1. The van der Waals surface area contributed by atoms with Gasteiger partial charge in [-0.3, -0.25) is 0 Å². The van der Waals surface area contributed by atoms with Crippen LogP contribution in [0.4, 0.5) is 5.69 Å². The number of rotatable bonds is 5. The number of likely N-dealkylation sites (tertiary alicyclic amines) is 1. The minimum absolute atomic E-state index is 0.106. The maximum atomic E-state index is 9.44. The first-order chi connectivity index (χ1) is 8.66. The number of hydrogen-bond donors (Lipinski definition) is 2. The summed E-state index contributed by atoms with van der Waals surface area (Å²) in [6.45, 7) is 6.04. The summed E-state index contributed by atoms with van der Waals surface area (Å²) in [6, 6.07) is 6.22. The monoisotopic (exact) mass is 312 g/mol. The molecule has 18 heavy (non-hydrogen) atoms. The second-order valence-corrected chi connectivity index (χ2v) is 5.79. The number of β-amino-alcohol motifs (C(OH)–C–C–N with tert-alkyl or cyclic N) is 1. The number of nitrogens with zero attached hydrogens (tertiary/aromatic N) is 1. The first-order valence-corrected chi connectivity index (χ1v) is 7.35. The molecule has 1 aromatic carbocycles. The van der Waals surface area contributed by atoms with Crippen molar-refractivity contribution in [1.82, 2.24) is 4.90 Å². The van der Waals surface area contributed by atoms with Crippen LogP contribution in [-0.4, -0.2) is 42.3 Å². The lowest BCUT2D eigenvalue weighted by Gasteiger charge is -2.16. The van der Waals surface area contributed by atoms with Crippen LogP contribution in [0, 0.1) is 6.92 Å². The third kappa shape index (κ3) is 3.70. The Kier molecular flexibility index (Phi) is 5.03. The standard InChI is InChI=1S/C14H21BrN2O/c1-11-13(15)4-2-5-14(11)16-7-3-8-17-9-6-12(18)10-17/h2,4-5,12,16,18H,3,6-10H2,1H3/t12-/m1/s1. The fourth-order valence-electron chi connectivity index (χ4n) is 2.34. The quantitative estimate of drug-likeness (QED) is 0.820. The van der Waals surface area contributed by atoms with Gasteiger partial charge in [0.15, 0.2) is 0 Å². The van der Waals surface area contributed by atoms with Gasteiger partial charge in [-0.1, -0.05) is 22.0 Å². The van der Waals surface area contributed by atoms with Crippen LogP contribution in [0.1, 0.15) is 18.4 Å². The van der Waals surface area contributed by atoms with Gasteiger partial charge < -0.3 is 15.3 Å². The molecule has 1 aliphatic heterocycles. The van der Waals surface area contributed by atoms with Gasteiger partial charge in [-0.05, 0) is 44.0 Å². The van der Waals surface area contributed by atoms with Crippen molar-refractivity contribution in [3.63, 3.8) is 0 Å². The molecule has 0 bridgehead atoms. The Morgan fingerprint density at radius 3 is 3.06 bits per heavy atom. The van der Waals surface area contributed by atoms with Crippen LogP contribution in [0.2, 0.25) is 0 Å². The highest BCUT2D eigenvalue weighted by Crippen LogP contribution is 2.23. The van der Waals surface area contributed by atoms with Crippen molar-refractivity contribution in [1.29, 1.82) is 0 Å². The van der Waals surface area contributed by atoms with Gasteiger partial charge in [-0.15, -0.1) is 0 Å². The van der Waals surface area contributed by atoms with E-state index in [9.17, 15) is 5.11 Å². The third-order valence-electron chi connectivity index (χ3n) is 3.48. The lowest BCUT2D eigenvalue weighted by molar-refractivity contribution is 0.176. The van der Waals surface area contributed by atoms with E-state index in [1.54, 1.807) is 0 Å². The highest BCUT2D eigenvalue weighted by molar-refractivity contribution is 9.10. The lowest BCUT2D eigenvalue weighted by atomic mass is 10.2. The largest absolute Gasteiger partial charge is 0.392 e. The highest BCUT2D eigenvalue weighted by atomic mass is 79.9. The van der Waals surface area contributed by atoms with Gasteiger partial charge >= 0.3 is 0 Å². The second kappa shape index (κ2) is 6.55. The maximum absolute atomic E-state index is 9.44. The highest BCUT2D eigenvalue weighted by Gasteiger charge is 2.18. The van der Waals surface area contributed by atoms with Crippen molar-refractivity contribution in [3.05, 3.63) is 28.2 Å². The molecule has 2 N–H and O–H groups in total. The zero-order valence-corrected chi connectivity index (χ0v) is 12.4. The SMILES string of the molecule is Cc1c(Br)cccc1NCCCN1CC[C@@H](O)C1. The number of nitrogens with one attached hydrogen (secondary N) is 1. The number of aliphatic hydroxyl groups excluding tert-OH is 1. The summed E-state index contributed by atoms with van der Waals surface area (Å²) in [4.78, 5) is 2.33. The molecule has 2 rings (SSSR count). The number of anilines is 1. The van der Waals surface area contributed by atoms with Crippen LogP contribution in [0.15, 0.2) is 22.7 Å². The van der Waals surface area contributed by atoms with Gasteiger partial charge in [-0.2, -0.15) is 0 Å². The summed E-state index contributed by atoms with van der Waals surface area (Å²) >= 11 is 3.54. The van der Waals surface area contributed by atoms with E-state index in [4.69, 9.17) is 0 Å². The zero-order chi connectivity index (χ0) is 13.0. The number of hydrogen-bond acceptors (Lipinski definition) is 3. The molecule has 4 heteroatoms. The lowest BCUT2D eigenvalue weighted by Crippen LogP contribution is -2.24. The van der Waals surface area contributed by atoms with Gasteiger partial charge in [0.1, 0.15) is 0 Å². The van der Waals surface area contributed by atoms with Crippen molar-refractivity contribution >= 4 is 21.6 Å². The molecule has 1 aliphatic rings. The Morgan fingerprint density at radius 1 is 1.50 bits per heavy atom. The van der Waals surface area contributed by atoms with Gasteiger partial charge in [0.25, 0.3) is 0 Å². The molecular formula is C14H21BrN2O. The van der Waals surface area contributed by atoms with Crippen molar-refractivity contribution < 1.29 is 5.11 Å². The molecule has 0 aromatic heterocycles. The van der Waals surface area contributed by atoms with Crippen LogP contribution in [0.3, 0.4) is 0 Å². The topological polar surface area (TPSA) is 35.5 Å². The minimum Gasteiger partial charge on any atom is -0.392 e. The first-order valence-electron chi connectivity index (χ1n) is 6.56. The molecule has 0 radical (unpaired) electrons. The molecule has 1 heterocycles. The molecule has 0 spiro atoms. The molecule has 0 amide bonds. The predicted octanol–water partition coefficient (Wildman–Crippen LogP) is 2.63. The Balaban J connectivity index is 1.70. The minimum atomic E-state index is -0.106. The van der Waals surface area contributed by atoms with Gasteiger partial charge in [0, 0.05) is 29.8 Å². The average Bonchev–Trinajstić information content (AvgIpc) is 2.76. The van der Waals surface area contributed by atoms with Crippen LogP contribution >= 0.6 is 15.9 Å². The van der Waals surface area contributed by atoms with Crippen LogP contribution in [-0.2, 0) is 0 Å². The fourth-order valence-corrected chi connectivity index (χ4v) is 2.71. The van der Waals surface area contributed by atoms with Gasteiger partial charge in [0.05, 0.1) is 6.10 Å². The molecule has 1 saturated heterocycles. The van der Waals surface area contributed by atoms with E-state index in [0.29, 0.717) is 0 Å². The van der Waals surface area contributed by atoms with Crippen LogP contribution in [0.5, 0.6) is 0 Å². The first kappa shape index (κ1) is 13.8. The van der Waals surface area contributed by atoms with Crippen LogP contribution < -0.4 is 5.32 Å². The van der Waals surface area contributed by atoms with E-state index in [-0.39, 0.29) is 6.10 Å². The predicted molar refractivity (Wildman–Crippen MR) is 79.0 cm³/mol. The Labute approximate surface area is 117 Å². The molecule has 0 unspecified atom stereocenters. The van der Waals surface area contributed by atoms with E-state index in [1.807, 2.05) is 0 Å². The average molecular weight is 313 g/mol. The van der Waals surface area contributed by atoms with E-state index >= 15 is 0 Å². The Bertz CT molecular complexity index is 397. The molecule has 1 atom stereocenters. The van der Waals surface area contributed by atoms with Crippen molar-refractivity contribution in [2.45, 2.75) is 25.9 Å². The fraction of sp³-hybridized carbons (Fsp3) is 0.571. The Hall–Kier alpha value is -0.580. The molecular weight excluding hydrogens is 292 g/mol. The third-order valence-corrected chi connectivity index (χ3v) is 4.34. The van der Waals surface area contributed by atoms with E-state index in [2.05, 4.69) is 51.3 Å². The summed E-state index contributed by atoms with van der Waals surface area (Å²) in [5.74, 6) is 0. The smallest absolute Gasteiger partial charge is 0.0679 e. The molecule has 1 aromatic rings. The van der Waals surface area contributed by atoms with E-state index < -0.39 is 0 Å². The maximum Gasteiger partial charge on any atom is 0.0679 e. The van der Waals surface area contributed by atoms with Crippen LogP contribution in [0.25, 0.3) is 0 Å². The normalized spacial score (nSPS) is 20.3. The molecule has 0 aliphatic carbocycles. The molecule has 100 valence electrons. The van der Waals surface area contributed by atoms with Crippen molar-refractivity contribution in [3.8, 4) is 0 Å². The summed E-state index contributed by atoms with van der Waals surface area (Å²) in [5.41, 5.74) is 2.46. The van der Waals surface area contributed by atoms with Gasteiger partial charge in [-0.25, -0.2) is 0 Å². The molecule has 1 fully saturated rings. The van der Waals surface area contributed by atoms with Crippen molar-refractivity contribution in [2.75, 3.05) is 31.5 Å². The summed E-state index contributed by atoms with van der Waals surface area (Å²) in [6.07, 6.45) is 1.93. The molecule has 0 saturated carbocycles. The second-order valence-electron chi connectivity index (χ2n) is 4.94.